The molecule has 1 fully saturated rings. The first-order chi connectivity index (χ1) is 8.60. The van der Waals surface area contributed by atoms with E-state index in [4.69, 9.17) is 0 Å². The fourth-order valence-electron chi connectivity index (χ4n) is 2.27. The Morgan fingerprint density at radius 3 is 2.89 bits per heavy atom. The first-order valence-electron chi connectivity index (χ1n) is 6.38. The summed E-state index contributed by atoms with van der Waals surface area (Å²) >= 11 is 3.43. The third-order valence-electron chi connectivity index (χ3n) is 3.46. The van der Waals surface area contributed by atoms with Crippen LogP contribution in [0.3, 0.4) is 0 Å². The topological polar surface area (TPSA) is 41.1 Å². The van der Waals surface area contributed by atoms with Crippen LogP contribution in [0, 0.1) is 0 Å². The molecule has 1 unspecified atom stereocenters. The summed E-state index contributed by atoms with van der Waals surface area (Å²) in [5.74, 6) is 0.0992. The average Bonchev–Trinajstić information content (AvgIpc) is 2.37. The average molecular weight is 348 g/mol. The van der Waals surface area contributed by atoms with Gasteiger partial charge in [-0.2, -0.15) is 0 Å². The van der Waals surface area contributed by atoms with Gasteiger partial charge in [0.25, 0.3) is 0 Å². The minimum Gasteiger partial charge on any atom is -0.350 e. The highest BCUT2D eigenvalue weighted by Gasteiger charge is 2.33. The Morgan fingerprint density at radius 2 is 2.26 bits per heavy atom. The van der Waals surface area contributed by atoms with E-state index in [-0.39, 0.29) is 18.3 Å². The number of hydrogen-bond donors (Lipinski definition) is 2. The van der Waals surface area contributed by atoms with E-state index >= 15 is 0 Å². The molecule has 2 rings (SSSR count). The maximum atomic E-state index is 12.2. The normalized spacial score (nSPS) is 22.4. The predicted octanol–water partition coefficient (Wildman–Crippen LogP) is 3.02. The number of benzene rings is 1. The molecule has 3 nitrogen and oxygen atoms in total. The smallest absolute Gasteiger partial charge is 0.240 e. The molecule has 2 N–H and O–H groups in total. The SMILES string of the molecule is CC1(C(=O)NCc2cccc(Br)c2)CCCCN1.Cl. The van der Waals surface area contributed by atoms with E-state index in [9.17, 15) is 4.79 Å². The van der Waals surface area contributed by atoms with Gasteiger partial charge in [-0.25, -0.2) is 0 Å². The molecule has 1 heterocycles. The van der Waals surface area contributed by atoms with Crippen molar-refractivity contribution in [2.24, 2.45) is 0 Å². The summed E-state index contributed by atoms with van der Waals surface area (Å²) < 4.78 is 1.04. The van der Waals surface area contributed by atoms with Crippen molar-refractivity contribution in [1.82, 2.24) is 10.6 Å². The monoisotopic (exact) mass is 346 g/mol. The fourth-order valence-corrected chi connectivity index (χ4v) is 2.72. The summed E-state index contributed by atoms with van der Waals surface area (Å²) in [6.07, 6.45) is 3.19. The van der Waals surface area contributed by atoms with E-state index in [1.54, 1.807) is 0 Å². The van der Waals surface area contributed by atoms with Gasteiger partial charge in [0.05, 0.1) is 5.54 Å². The molecule has 106 valence electrons. The van der Waals surface area contributed by atoms with Crippen molar-refractivity contribution in [3.8, 4) is 0 Å². The largest absolute Gasteiger partial charge is 0.350 e. The lowest BCUT2D eigenvalue weighted by molar-refractivity contribution is -0.128. The van der Waals surface area contributed by atoms with Crippen molar-refractivity contribution in [1.29, 1.82) is 0 Å². The molecule has 1 aliphatic heterocycles. The summed E-state index contributed by atoms with van der Waals surface area (Å²) in [6.45, 7) is 3.50. The maximum Gasteiger partial charge on any atom is 0.240 e. The molecule has 1 saturated heterocycles. The van der Waals surface area contributed by atoms with Gasteiger partial charge in [0.1, 0.15) is 0 Å². The predicted molar refractivity (Wildman–Crippen MR) is 83.5 cm³/mol. The van der Waals surface area contributed by atoms with Crippen LogP contribution in [0.5, 0.6) is 0 Å². The lowest BCUT2D eigenvalue weighted by Gasteiger charge is -2.33. The van der Waals surface area contributed by atoms with Crippen molar-refractivity contribution in [3.63, 3.8) is 0 Å². The lowest BCUT2D eigenvalue weighted by Crippen LogP contribution is -2.56. The number of halogens is 2. The van der Waals surface area contributed by atoms with Gasteiger partial charge in [-0.1, -0.05) is 28.1 Å². The standard InChI is InChI=1S/C14H19BrN2O.ClH/c1-14(7-2-3-8-17-14)13(18)16-10-11-5-4-6-12(15)9-11;/h4-6,9,17H,2-3,7-8,10H2,1H3,(H,16,18);1H. The molecule has 1 aromatic carbocycles. The summed E-state index contributed by atoms with van der Waals surface area (Å²) in [4.78, 5) is 12.2. The first kappa shape index (κ1) is 16.5. The Morgan fingerprint density at radius 1 is 1.47 bits per heavy atom. The molecule has 0 spiro atoms. The highest BCUT2D eigenvalue weighted by atomic mass is 79.9. The van der Waals surface area contributed by atoms with Crippen LogP contribution in [0.1, 0.15) is 31.7 Å². The van der Waals surface area contributed by atoms with Crippen molar-refractivity contribution in [2.75, 3.05) is 6.54 Å². The summed E-state index contributed by atoms with van der Waals surface area (Å²) in [5.41, 5.74) is 0.710. The number of nitrogens with one attached hydrogen (secondary N) is 2. The Bertz CT molecular complexity index is 433. The molecule has 1 aliphatic rings. The Balaban J connectivity index is 0.00000180. The van der Waals surface area contributed by atoms with Crippen LogP contribution in [-0.4, -0.2) is 18.0 Å². The second-order valence-electron chi connectivity index (χ2n) is 5.03. The molecule has 5 heteroatoms. The second kappa shape index (κ2) is 7.27. The molecule has 1 aromatic rings. The van der Waals surface area contributed by atoms with Crippen LogP contribution in [0.4, 0.5) is 0 Å². The zero-order valence-corrected chi connectivity index (χ0v) is 13.4. The van der Waals surface area contributed by atoms with Crippen LogP contribution >= 0.6 is 28.3 Å². The van der Waals surface area contributed by atoms with Gasteiger partial charge < -0.3 is 10.6 Å². The van der Waals surface area contributed by atoms with Crippen molar-refractivity contribution >= 4 is 34.2 Å². The molecule has 0 bridgehead atoms. The van der Waals surface area contributed by atoms with Gasteiger partial charge in [-0.05, 0) is 50.4 Å². The van der Waals surface area contributed by atoms with E-state index in [1.807, 2.05) is 31.2 Å². The second-order valence-corrected chi connectivity index (χ2v) is 5.94. The molecular formula is C14H20BrClN2O. The minimum absolute atomic E-state index is 0. The molecule has 0 radical (unpaired) electrons. The van der Waals surface area contributed by atoms with Crippen molar-refractivity contribution in [3.05, 3.63) is 34.3 Å². The summed E-state index contributed by atoms with van der Waals surface area (Å²) in [5, 5.41) is 6.34. The molecule has 0 saturated carbocycles. The van der Waals surface area contributed by atoms with Crippen LogP contribution < -0.4 is 10.6 Å². The quantitative estimate of drug-likeness (QED) is 0.882. The number of carbonyl (C=O) groups is 1. The van der Waals surface area contributed by atoms with Gasteiger partial charge in [0.2, 0.25) is 5.91 Å². The maximum absolute atomic E-state index is 12.2. The molecular weight excluding hydrogens is 328 g/mol. The number of rotatable bonds is 3. The fraction of sp³-hybridized carbons (Fsp3) is 0.500. The Labute approximate surface area is 129 Å². The number of amides is 1. The van der Waals surface area contributed by atoms with E-state index < -0.39 is 5.54 Å². The molecule has 1 amide bonds. The number of hydrogen-bond acceptors (Lipinski definition) is 2. The van der Waals surface area contributed by atoms with Crippen LogP contribution in [0.15, 0.2) is 28.7 Å². The molecule has 19 heavy (non-hydrogen) atoms. The van der Waals surface area contributed by atoms with E-state index in [0.717, 1.165) is 35.8 Å². The van der Waals surface area contributed by atoms with Gasteiger partial charge in [0.15, 0.2) is 0 Å². The molecule has 0 aromatic heterocycles. The number of carbonyl (C=O) groups excluding carboxylic acids is 1. The molecule has 0 aliphatic carbocycles. The van der Waals surface area contributed by atoms with E-state index in [1.165, 1.54) is 0 Å². The van der Waals surface area contributed by atoms with E-state index in [2.05, 4.69) is 26.6 Å². The van der Waals surface area contributed by atoms with Gasteiger partial charge in [-0.3, -0.25) is 4.79 Å². The zero-order valence-electron chi connectivity index (χ0n) is 11.0. The van der Waals surface area contributed by atoms with Gasteiger partial charge in [-0.15, -0.1) is 12.4 Å². The van der Waals surface area contributed by atoms with Crippen LogP contribution in [0.25, 0.3) is 0 Å². The zero-order chi connectivity index (χ0) is 13.0. The lowest BCUT2D eigenvalue weighted by atomic mass is 9.90. The summed E-state index contributed by atoms with van der Waals surface area (Å²) in [7, 11) is 0. The number of piperidine rings is 1. The van der Waals surface area contributed by atoms with Crippen LogP contribution in [0.2, 0.25) is 0 Å². The molecule has 1 atom stereocenters. The van der Waals surface area contributed by atoms with Crippen molar-refractivity contribution < 1.29 is 4.79 Å². The van der Waals surface area contributed by atoms with Crippen LogP contribution in [-0.2, 0) is 11.3 Å². The Hall–Kier alpha value is -0.580. The minimum atomic E-state index is -0.399. The third kappa shape index (κ3) is 4.48. The van der Waals surface area contributed by atoms with E-state index in [0.29, 0.717) is 6.54 Å². The summed E-state index contributed by atoms with van der Waals surface area (Å²) in [6, 6.07) is 8.00. The van der Waals surface area contributed by atoms with Gasteiger partial charge in [0, 0.05) is 11.0 Å². The van der Waals surface area contributed by atoms with Gasteiger partial charge >= 0.3 is 0 Å². The third-order valence-corrected chi connectivity index (χ3v) is 3.96. The first-order valence-corrected chi connectivity index (χ1v) is 7.17. The Kier molecular flexibility index (Phi) is 6.30. The van der Waals surface area contributed by atoms with Crippen molar-refractivity contribution in [2.45, 2.75) is 38.3 Å². The highest BCUT2D eigenvalue weighted by Crippen LogP contribution is 2.19. The highest BCUT2D eigenvalue weighted by molar-refractivity contribution is 9.10.